The summed E-state index contributed by atoms with van der Waals surface area (Å²) in [6.07, 6.45) is 0. The van der Waals surface area contributed by atoms with Crippen LogP contribution in [0.25, 0.3) is 0 Å². The van der Waals surface area contributed by atoms with Crippen molar-refractivity contribution in [2.75, 3.05) is 33.4 Å². The summed E-state index contributed by atoms with van der Waals surface area (Å²) in [5.74, 6) is 0.981. The third kappa shape index (κ3) is 4.66. The van der Waals surface area contributed by atoms with Crippen LogP contribution in [0.3, 0.4) is 0 Å². The van der Waals surface area contributed by atoms with E-state index in [-0.39, 0.29) is 4.90 Å². The van der Waals surface area contributed by atoms with Crippen LogP contribution in [0.4, 0.5) is 0 Å². The van der Waals surface area contributed by atoms with Gasteiger partial charge in [-0.05, 0) is 33.0 Å². The average molecular weight is 302 g/mol. The van der Waals surface area contributed by atoms with E-state index < -0.39 is 10.0 Å². The number of nitrogens with one attached hydrogen (secondary N) is 2. The maximum atomic E-state index is 12.1. The van der Waals surface area contributed by atoms with Gasteiger partial charge in [-0.3, -0.25) is 0 Å². The van der Waals surface area contributed by atoms with Crippen molar-refractivity contribution in [3.05, 3.63) is 18.2 Å². The quantitative estimate of drug-likeness (QED) is 0.665. The highest BCUT2D eigenvalue weighted by atomic mass is 32.2. The van der Waals surface area contributed by atoms with Crippen molar-refractivity contribution in [2.45, 2.75) is 18.7 Å². The van der Waals surface area contributed by atoms with Crippen LogP contribution in [0.15, 0.2) is 23.1 Å². The molecule has 0 fully saturated rings. The highest BCUT2D eigenvalue weighted by Gasteiger charge is 2.16. The van der Waals surface area contributed by atoms with E-state index in [1.54, 1.807) is 13.1 Å². The van der Waals surface area contributed by atoms with Crippen LogP contribution in [-0.2, 0) is 10.0 Å². The van der Waals surface area contributed by atoms with Gasteiger partial charge in [0.25, 0.3) is 0 Å². The molecule has 0 aliphatic carbocycles. The van der Waals surface area contributed by atoms with Gasteiger partial charge in [0, 0.05) is 19.2 Å². The third-order valence-electron chi connectivity index (χ3n) is 2.49. The van der Waals surface area contributed by atoms with E-state index in [0.29, 0.717) is 37.8 Å². The van der Waals surface area contributed by atoms with Gasteiger partial charge in [-0.15, -0.1) is 0 Å². The first kappa shape index (κ1) is 16.7. The summed E-state index contributed by atoms with van der Waals surface area (Å²) >= 11 is 0. The number of hydrogen-bond donors (Lipinski definition) is 2. The van der Waals surface area contributed by atoms with Gasteiger partial charge in [-0.1, -0.05) is 0 Å². The molecule has 0 bridgehead atoms. The standard InChI is InChI=1S/C13H22N2O4S/c1-4-18-12-7-6-11(10-13(12)19-5-2)20(16,17)15-9-8-14-3/h6-7,10,14-15H,4-5,8-9H2,1-3H3. The lowest BCUT2D eigenvalue weighted by Crippen LogP contribution is -2.30. The van der Waals surface area contributed by atoms with Crippen molar-refractivity contribution in [3.63, 3.8) is 0 Å². The molecule has 0 radical (unpaired) electrons. The first-order chi connectivity index (χ1) is 9.55. The Morgan fingerprint density at radius 1 is 1.05 bits per heavy atom. The zero-order chi connectivity index (χ0) is 15.0. The van der Waals surface area contributed by atoms with Crippen molar-refractivity contribution in [3.8, 4) is 11.5 Å². The molecule has 0 atom stereocenters. The summed E-state index contributed by atoms with van der Waals surface area (Å²) < 4.78 is 37.5. The van der Waals surface area contributed by atoms with E-state index in [0.717, 1.165) is 0 Å². The molecule has 114 valence electrons. The topological polar surface area (TPSA) is 76.7 Å². The van der Waals surface area contributed by atoms with E-state index in [1.807, 2.05) is 13.8 Å². The van der Waals surface area contributed by atoms with Crippen LogP contribution >= 0.6 is 0 Å². The molecule has 1 rings (SSSR count). The molecular formula is C13H22N2O4S. The number of hydrogen-bond acceptors (Lipinski definition) is 5. The minimum Gasteiger partial charge on any atom is -0.490 e. The molecule has 0 aliphatic rings. The maximum Gasteiger partial charge on any atom is 0.240 e. The number of benzene rings is 1. The Kier molecular flexibility index (Phi) is 6.77. The van der Waals surface area contributed by atoms with Gasteiger partial charge in [-0.2, -0.15) is 0 Å². The van der Waals surface area contributed by atoms with Crippen molar-refractivity contribution >= 4 is 10.0 Å². The summed E-state index contributed by atoms with van der Waals surface area (Å²) in [6.45, 7) is 5.52. The van der Waals surface area contributed by atoms with E-state index in [4.69, 9.17) is 9.47 Å². The van der Waals surface area contributed by atoms with Gasteiger partial charge in [0.05, 0.1) is 18.1 Å². The van der Waals surface area contributed by atoms with Gasteiger partial charge < -0.3 is 14.8 Å². The Morgan fingerprint density at radius 2 is 1.70 bits per heavy atom. The van der Waals surface area contributed by atoms with Crippen LogP contribution < -0.4 is 19.5 Å². The molecule has 0 saturated heterocycles. The number of ether oxygens (including phenoxy) is 2. The predicted octanol–water partition coefficient (Wildman–Crippen LogP) is 0.982. The van der Waals surface area contributed by atoms with Crippen LogP contribution in [0, 0.1) is 0 Å². The summed E-state index contributed by atoms with van der Waals surface area (Å²) in [6, 6.07) is 4.60. The van der Waals surface area contributed by atoms with Crippen molar-refractivity contribution < 1.29 is 17.9 Å². The Bertz CT molecular complexity index is 517. The molecule has 7 heteroatoms. The monoisotopic (exact) mass is 302 g/mol. The van der Waals surface area contributed by atoms with Gasteiger partial charge >= 0.3 is 0 Å². The van der Waals surface area contributed by atoms with Gasteiger partial charge in [0.1, 0.15) is 0 Å². The summed E-state index contributed by atoms with van der Waals surface area (Å²) in [4.78, 5) is 0.167. The largest absolute Gasteiger partial charge is 0.490 e. The Morgan fingerprint density at radius 3 is 2.30 bits per heavy atom. The average Bonchev–Trinajstić information content (AvgIpc) is 2.41. The fourth-order valence-corrected chi connectivity index (χ4v) is 2.64. The molecule has 0 amide bonds. The molecule has 0 unspecified atom stereocenters. The predicted molar refractivity (Wildman–Crippen MR) is 77.9 cm³/mol. The molecule has 2 N–H and O–H groups in total. The summed E-state index contributed by atoms with van der Waals surface area (Å²) in [5, 5.41) is 2.88. The molecular weight excluding hydrogens is 280 g/mol. The lowest BCUT2D eigenvalue weighted by molar-refractivity contribution is 0.287. The minimum absolute atomic E-state index is 0.167. The van der Waals surface area contributed by atoms with Crippen molar-refractivity contribution in [2.24, 2.45) is 0 Å². The van der Waals surface area contributed by atoms with Crippen LogP contribution in [-0.4, -0.2) is 41.8 Å². The minimum atomic E-state index is -3.53. The molecule has 0 heterocycles. The van der Waals surface area contributed by atoms with Crippen molar-refractivity contribution in [1.29, 1.82) is 0 Å². The van der Waals surface area contributed by atoms with E-state index in [1.165, 1.54) is 12.1 Å². The molecule has 0 saturated carbocycles. The zero-order valence-corrected chi connectivity index (χ0v) is 12.9. The number of likely N-dealkylation sites (N-methyl/N-ethyl adjacent to an activating group) is 1. The molecule has 6 nitrogen and oxygen atoms in total. The first-order valence-electron chi connectivity index (χ1n) is 6.59. The van der Waals surface area contributed by atoms with E-state index in [2.05, 4.69) is 10.0 Å². The fraction of sp³-hybridized carbons (Fsp3) is 0.538. The lowest BCUT2D eigenvalue weighted by Gasteiger charge is -2.13. The third-order valence-corrected chi connectivity index (χ3v) is 3.95. The smallest absolute Gasteiger partial charge is 0.240 e. The highest BCUT2D eigenvalue weighted by molar-refractivity contribution is 7.89. The number of sulfonamides is 1. The Labute approximate surface area is 120 Å². The Hall–Kier alpha value is -1.31. The molecule has 0 aromatic heterocycles. The van der Waals surface area contributed by atoms with Crippen LogP contribution in [0.5, 0.6) is 11.5 Å². The molecule has 0 spiro atoms. The molecule has 1 aromatic rings. The summed E-state index contributed by atoms with van der Waals surface area (Å²) in [5.41, 5.74) is 0. The fourth-order valence-electron chi connectivity index (χ4n) is 1.59. The highest BCUT2D eigenvalue weighted by Crippen LogP contribution is 2.30. The lowest BCUT2D eigenvalue weighted by atomic mass is 10.3. The van der Waals surface area contributed by atoms with E-state index >= 15 is 0 Å². The maximum absolute atomic E-state index is 12.1. The second-order valence-corrected chi connectivity index (χ2v) is 5.74. The SMILES string of the molecule is CCOc1ccc(S(=O)(=O)NCCNC)cc1OCC. The molecule has 0 aliphatic heterocycles. The number of rotatable bonds is 9. The zero-order valence-electron chi connectivity index (χ0n) is 12.1. The van der Waals surface area contributed by atoms with E-state index in [9.17, 15) is 8.42 Å². The normalized spacial score (nSPS) is 11.3. The summed E-state index contributed by atoms with van der Waals surface area (Å²) in [7, 11) is -1.77. The van der Waals surface area contributed by atoms with Gasteiger partial charge in [-0.25, -0.2) is 13.1 Å². The second-order valence-electron chi connectivity index (χ2n) is 3.98. The molecule has 1 aromatic carbocycles. The first-order valence-corrected chi connectivity index (χ1v) is 8.07. The molecule has 20 heavy (non-hydrogen) atoms. The van der Waals surface area contributed by atoms with Crippen LogP contribution in [0.2, 0.25) is 0 Å². The van der Waals surface area contributed by atoms with Gasteiger partial charge in [0.15, 0.2) is 11.5 Å². The van der Waals surface area contributed by atoms with Crippen LogP contribution in [0.1, 0.15) is 13.8 Å². The Balaban J connectivity index is 2.97. The van der Waals surface area contributed by atoms with Gasteiger partial charge in [0.2, 0.25) is 10.0 Å². The van der Waals surface area contributed by atoms with Crippen molar-refractivity contribution in [1.82, 2.24) is 10.0 Å². The second kappa shape index (κ2) is 8.08.